The van der Waals surface area contributed by atoms with Gasteiger partial charge in [-0.25, -0.2) is 4.79 Å². The van der Waals surface area contributed by atoms with Gasteiger partial charge in [-0.3, -0.25) is 4.79 Å². The lowest BCUT2D eigenvalue weighted by Gasteiger charge is -2.27. The summed E-state index contributed by atoms with van der Waals surface area (Å²) in [7, 11) is 0.696. The van der Waals surface area contributed by atoms with E-state index in [1.165, 1.54) is 6.07 Å². The van der Waals surface area contributed by atoms with Gasteiger partial charge in [-0.15, -0.1) is 0 Å². The average Bonchev–Trinajstić information content (AvgIpc) is 2.53. The molecule has 0 spiro atoms. The predicted octanol–water partition coefficient (Wildman–Crippen LogP) is 2.63. The molecule has 0 heterocycles. The fourth-order valence-electron chi connectivity index (χ4n) is 2.22. The third kappa shape index (κ3) is 3.33. The van der Waals surface area contributed by atoms with Crippen LogP contribution in [0.1, 0.15) is 6.42 Å². The standard InChI is InChI=1S/C16H14F3NO4/c1-24-14(22)15(23,16(17,18)19)9-13(21)20-12-8-4-6-10-5-2-3-7-11(10)12/h2-8,23H,9H2,1H3,(H,20,21)/t15-/m0/s1. The summed E-state index contributed by atoms with van der Waals surface area (Å²) >= 11 is 0. The number of halogens is 3. The Morgan fingerprint density at radius 2 is 1.75 bits per heavy atom. The highest BCUT2D eigenvalue weighted by molar-refractivity contribution is 6.03. The molecule has 2 rings (SSSR count). The summed E-state index contributed by atoms with van der Waals surface area (Å²) in [6, 6.07) is 11.8. The van der Waals surface area contributed by atoms with E-state index in [4.69, 9.17) is 0 Å². The zero-order valence-corrected chi connectivity index (χ0v) is 12.6. The summed E-state index contributed by atoms with van der Waals surface area (Å²) < 4.78 is 42.9. The zero-order valence-electron chi connectivity index (χ0n) is 12.6. The third-order valence-corrected chi connectivity index (χ3v) is 3.47. The summed E-state index contributed by atoms with van der Waals surface area (Å²) in [6.45, 7) is 0. The highest BCUT2D eigenvalue weighted by Gasteiger charge is 2.61. The quantitative estimate of drug-likeness (QED) is 0.839. The fraction of sp³-hybridized carbons (Fsp3) is 0.250. The molecule has 0 saturated carbocycles. The molecule has 1 amide bonds. The Labute approximate surface area is 135 Å². The topological polar surface area (TPSA) is 75.6 Å². The van der Waals surface area contributed by atoms with E-state index < -0.39 is 30.1 Å². The first-order valence-electron chi connectivity index (χ1n) is 6.84. The van der Waals surface area contributed by atoms with Crippen LogP contribution in [0.3, 0.4) is 0 Å². The number of fused-ring (bicyclic) bond motifs is 1. The highest BCUT2D eigenvalue weighted by atomic mass is 19.4. The van der Waals surface area contributed by atoms with Crippen LogP contribution in [-0.4, -0.2) is 35.9 Å². The molecular formula is C16H14F3NO4. The van der Waals surface area contributed by atoms with Crippen LogP contribution in [-0.2, 0) is 14.3 Å². The number of esters is 1. The summed E-state index contributed by atoms with van der Waals surface area (Å²) in [6.07, 6.45) is -6.86. The van der Waals surface area contributed by atoms with Crippen LogP contribution < -0.4 is 5.32 Å². The van der Waals surface area contributed by atoms with E-state index in [-0.39, 0.29) is 5.69 Å². The second kappa shape index (κ2) is 6.48. The first-order valence-corrected chi connectivity index (χ1v) is 6.84. The van der Waals surface area contributed by atoms with Gasteiger partial charge in [-0.1, -0.05) is 36.4 Å². The summed E-state index contributed by atoms with van der Waals surface area (Å²) in [5, 5.41) is 13.3. The number of carbonyl (C=O) groups excluding carboxylic acids is 2. The maximum absolute atomic E-state index is 13.0. The smallest absolute Gasteiger partial charge is 0.428 e. The molecule has 0 saturated heterocycles. The molecule has 2 aromatic carbocycles. The number of ether oxygens (including phenoxy) is 1. The third-order valence-electron chi connectivity index (χ3n) is 3.47. The SMILES string of the molecule is COC(=O)[C@@](O)(CC(=O)Nc1cccc2ccccc12)C(F)(F)F. The summed E-state index contributed by atoms with van der Waals surface area (Å²) in [5.41, 5.74) is -3.64. The summed E-state index contributed by atoms with van der Waals surface area (Å²) in [4.78, 5) is 23.3. The van der Waals surface area contributed by atoms with Crippen molar-refractivity contribution in [2.24, 2.45) is 0 Å². The Hall–Kier alpha value is -2.61. The number of methoxy groups -OCH3 is 1. The van der Waals surface area contributed by atoms with Crippen LogP contribution in [0.2, 0.25) is 0 Å². The van der Waals surface area contributed by atoms with Crippen molar-refractivity contribution >= 4 is 28.3 Å². The van der Waals surface area contributed by atoms with Crippen LogP contribution >= 0.6 is 0 Å². The molecule has 0 aliphatic carbocycles. The van der Waals surface area contributed by atoms with Crippen LogP contribution in [0.5, 0.6) is 0 Å². The van der Waals surface area contributed by atoms with Gasteiger partial charge in [0.25, 0.3) is 5.60 Å². The number of hydrogen-bond donors (Lipinski definition) is 2. The molecule has 8 heteroatoms. The van der Waals surface area contributed by atoms with Gasteiger partial charge in [0.15, 0.2) is 0 Å². The lowest BCUT2D eigenvalue weighted by atomic mass is 9.98. The van der Waals surface area contributed by atoms with Crippen molar-refractivity contribution in [2.45, 2.75) is 18.2 Å². The molecule has 128 valence electrons. The maximum Gasteiger partial charge on any atom is 0.428 e. The van der Waals surface area contributed by atoms with E-state index in [1.807, 2.05) is 0 Å². The van der Waals surface area contributed by atoms with Crippen molar-refractivity contribution in [1.82, 2.24) is 0 Å². The number of rotatable bonds is 4. The Morgan fingerprint density at radius 3 is 2.38 bits per heavy atom. The van der Waals surface area contributed by atoms with Crippen molar-refractivity contribution in [3.8, 4) is 0 Å². The Morgan fingerprint density at radius 1 is 1.12 bits per heavy atom. The van der Waals surface area contributed by atoms with E-state index in [2.05, 4.69) is 10.1 Å². The van der Waals surface area contributed by atoms with Crippen LogP contribution in [0.4, 0.5) is 18.9 Å². The number of carbonyl (C=O) groups is 2. The van der Waals surface area contributed by atoms with E-state index >= 15 is 0 Å². The number of benzene rings is 2. The molecule has 0 aliphatic heterocycles. The minimum atomic E-state index is -5.35. The minimum Gasteiger partial charge on any atom is -0.467 e. The molecule has 24 heavy (non-hydrogen) atoms. The van der Waals surface area contributed by atoms with Crippen molar-refractivity contribution in [1.29, 1.82) is 0 Å². The second-order valence-electron chi connectivity index (χ2n) is 5.10. The van der Waals surface area contributed by atoms with Gasteiger partial charge in [0.05, 0.1) is 13.5 Å². The number of aliphatic hydroxyl groups is 1. The van der Waals surface area contributed by atoms with Gasteiger partial charge in [-0.2, -0.15) is 13.2 Å². The fourth-order valence-corrected chi connectivity index (χ4v) is 2.22. The molecule has 1 atom stereocenters. The van der Waals surface area contributed by atoms with Gasteiger partial charge < -0.3 is 15.2 Å². The normalized spacial score (nSPS) is 14.0. The molecule has 2 N–H and O–H groups in total. The Kier molecular flexibility index (Phi) is 4.79. The van der Waals surface area contributed by atoms with E-state index in [0.717, 1.165) is 5.39 Å². The maximum atomic E-state index is 13.0. The molecular weight excluding hydrogens is 327 g/mol. The van der Waals surface area contributed by atoms with Crippen molar-refractivity contribution in [3.63, 3.8) is 0 Å². The number of amides is 1. The largest absolute Gasteiger partial charge is 0.467 e. The van der Waals surface area contributed by atoms with Crippen molar-refractivity contribution < 1.29 is 32.6 Å². The van der Waals surface area contributed by atoms with Gasteiger partial charge in [0, 0.05) is 11.1 Å². The van der Waals surface area contributed by atoms with Crippen molar-refractivity contribution in [3.05, 3.63) is 42.5 Å². The first kappa shape index (κ1) is 17.7. The van der Waals surface area contributed by atoms with Crippen LogP contribution in [0.25, 0.3) is 10.8 Å². The molecule has 0 unspecified atom stereocenters. The predicted molar refractivity (Wildman–Crippen MR) is 80.2 cm³/mol. The molecule has 0 aliphatic rings. The van der Waals surface area contributed by atoms with Crippen LogP contribution in [0.15, 0.2) is 42.5 Å². The molecule has 0 bridgehead atoms. The number of alkyl halides is 3. The van der Waals surface area contributed by atoms with E-state index in [0.29, 0.717) is 12.5 Å². The van der Waals surface area contributed by atoms with E-state index in [9.17, 15) is 27.9 Å². The highest BCUT2D eigenvalue weighted by Crippen LogP contribution is 2.35. The Bertz CT molecular complexity index is 770. The van der Waals surface area contributed by atoms with Gasteiger partial charge in [-0.05, 0) is 11.5 Å². The number of anilines is 1. The number of hydrogen-bond acceptors (Lipinski definition) is 4. The summed E-state index contributed by atoms with van der Waals surface area (Å²) in [5.74, 6) is -3.11. The monoisotopic (exact) mass is 341 g/mol. The van der Waals surface area contributed by atoms with Crippen molar-refractivity contribution in [2.75, 3.05) is 12.4 Å². The molecule has 0 aromatic heterocycles. The molecule has 0 radical (unpaired) electrons. The number of nitrogens with one attached hydrogen (secondary N) is 1. The first-order chi connectivity index (χ1) is 11.2. The molecule has 0 fully saturated rings. The van der Waals surface area contributed by atoms with Gasteiger partial charge >= 0.3 is 12.1 Å². The average molecular weight is 341 g/mol. The zero-order chi connectivity index (χ0) is 18.0. The second-order valence-corrected chi connectivity index (χ2v) is 5.10. The lowest BCUT2D eigenvalue weighted by Crippen LogP contribution is -2.54. The Balaban J connectivity index is 2.27. The molecule has 5 nitrogen and oxygen atoms in total. The van der Waals surface area contributed by atoms with Crippen LogP contribution in [0, 0.1) is 0 Å². The lowest BCUT2D eigenvalue weighted by molar-refractivity contribution is -0.261. The van der Waals surface area contributed by atoms with E-state index in [1.54, 1.807) is 36.4 Å². The minimum absolute atomic E-state index is 0.271. The van der Waals surface area contributed by atoms with Gasteiger partial charge in [0.2, 0.25) is 5.91 Å². The molecule has 2 aromatic rings. The van der Waals surface area contributed by atoms with Gasteiger partial charge in [0.1, 0.15) is 0 Å².